The number of unbranched alkanes of at least 4 members (excludes halogenated alkanes) is 1. The Morgan fingerprint density at radius 1 is 1.14 bits per heavy atom. The van der Waals surface area contributed by atoms with Crippen LogP contribution in [-0.4, -0.2) is 55.7 Å². The molecule has 0 spiro atoms. The summed E-state index contributed by atoms with van der Waals surface area (Å²) in [5.74, 6) is 0.204. The molecule has 132 valence electrons. The van der Waals surface area contributed by atoms with E-state index in [0.29, 0.717) is 13.0 Å². The number of carbonyl (C=O) groups excluding carboxylic acids is 1. The van der Waals surface area contributed by atoms with E-state index in [4.69, 9.17) is 10.5 Å². The molecule has 2 rings (SSSR count). The summed E-state index contributed by atoms with van der Waals surface area (Å²) < 4.78 is 5.45. The first-order chi connectivity index (χ1) is 9.77. The molecule has 7 heteroatoms. The lowest BCUT2D eigenvalue weighted by atomic mass is 9.90. The summed E-state index contributed by atoms with van der Waals surface area (Å²) in [6, 6.07) is 0. The summed E-state index contributed by atoms with van der Waals surface area (Å²) in [7, 11) is 0. The predicted octanol–water partition coefficient (Wildman–Crippen LogP) is 1.72. The average molecular weight is 356 g/mol. The fourth-order valence-corrected chi connectivity index (χ4v) is 3.53. The van der Waals surface area contributed by atoms with Crippen LogP contribution in [0.3, 0.4) is 0 Å². The van der Waals surface area contributed by atoms with Crippen molar-refractivity contribution in [2.75, 3.05) is 39.4 Å². The third-order valence-corrected chi connectivity index (χ3v) is 4.66. The van der Waals surface area contributed by atoms with Crippen LogP contribution < -0.4 is 11.1 Å². The molecule has 2 fully saturated rings. The molecule has 0 aromatic rings. The zero-order valence-electron chi connectivity index (χ0n) is 13.3. The highest BCUT2D eigenvalue weighted by molar-refractivity contribution is 5.85. The second-order valence-corrected chi connectivity index (χ2v) is 6.05. The molecule has 1 saturated carbocycles. The fraction of sp³-hybridized carbons (Fsp3) is 0.933. The van der Waals surface area contributed by atoms with Gasteiger partial charge < -0.3 is 15.8 Å². The minimum Gasteiger partial charge on any atom is -0.379 e. The minimum atomic E-state index is 0. The lowest BCUT2D eigenvalue weighted by Crippen LogP contribution is -2.54. The Morgan fingerprint density at radius 2 is 1.77 bits per heavy atom. The van der Waals surface area contributed by atoms with E-state index in [1.807, 2.05) is 0 Å². The lowest BCUT2D eigenvalue weighted by molar-refractivity contribution is -0.125. The molecule has 0 aromatic carbocycles. The van der Waals surface area contributed by atoms with Crippen LogP contribution >= 0.6 is 24.8 Å². The summed E-state index contributed by atoms with van der Waals surface area (Å²) in [6.07, 6.45) is 7.42. The first-order valence-electron chi connectivity index (χ1n) is 8.06. The average Bonchev–Trinajstić information content (AvgIpc) is 2.94. The van der Waals surface area contributed by atoms with Crippen LogP contribution in [0.1, 0.15) is 44.9 Å². The van der Waals surface area contributed by atoms with Crippen LogP contribution in [0.4, 0.5) is 0 Å². The van der Waals surface area contributed by atoms with Crippen molar-refractivity contribution in [3.05, 3.63) is 0 Å². The van der Waals surface area contributed by atoms with Crippen molar-refractivity contribution in [3.8, 4) is 0 Å². The number of halogens is 2. The molecular formula is C15H31Cl2N3O2. The second-order valence-electron chi connectivity index (χ2n) is 6.05. The normalized spacial score (nSPS) is 20.8. The van der Waals surface area contributed by atoms with E-state index in [-0.39, 0.29) is 36.3 Å². The van der Waals surface area contributed by atoms with Gasteiger partial charge in [0, 0.05) is 31.6 Å². The Labute approximate surface area is 146 Å². The Hall–Kier alpha value is -0.0700. The van der Waals surface area contributed by atoms with Crippen molar-refractivity contribution in [2.24, 2.45) is 5.73 Å². The largest absolute Gasteiger partial charge is 0.379 e. The summed E-state index contributed by atoms with van der Waals surface area (Å²) in [5.41, 5.74) is 5.56. The molecule has 0 unspecified atom stereocenters. The Balaban J connectivity index is 0.00000220. The minimum absolute atomic E-state index is 0. The standard InChI is InChI=1S/C15H29N3O2.2ClH/c16-7-3-4-8-17-14(19)13-15(5-1-2-6-15)18-9-11-20-12-10-18;;/h1-13,16H2,(H,17,19);2*1H. The summed E-state index contributed by atoms with van der Waals surface area (Å²) in [6.45, 7) is 5.02. The maximum Gasteiger partial charge on any atom is 0.221 e. The smallest absolute Gasteiger partial charge is 0.221 e. The highest BCUT2D eigenvalue weighted by atomic mass is 35.5. The molecule has 1 heterocycles. The van der Waals surface area contributed by atoms with Gasteiger partial charge >= 0.3 is 0 Å². The third-order valence-electron chi connectivity index (χ3n) is 4.66. The number of hydrogen-bond donors (Lipinski definition) is 2. The SMILES string of the molecule is Cl.Cl.NCCCCNC(=O)CC1(N2CCOCC2)CCCC1. The van der Waals surface area contributed by atoms with E-state index in [1.54, 1.807) is 0 Å². The monoisotopic (exact) mass is 355 g/mol. The highest BCUT2D eigenvalue weighted by Crippen LogP contribution is 2.38. The van der Waals surface area contributed by atoms with E-state index in [2.05, 4.69) is 10.2 Å². The zero-order chi connectivity index (χ0) is 14.3. The molecule has 1 aliphatic heterocycles. The van der Waals surface area contributed by atoms with Crippen LogP contribution in [0, 0.1) is 0 Å². The number of amides is 1. The maximum atomic E-state index is 12.2. The lowest BCUT2D eigenvalue weighted by Gasteiger charge is -2.43. The number of carbonyl (C=O) groups is 1. The Bertz CT molecular complexity index is 307. The number of rotatable bonds is 7. The molecule has 3 N–H and O–H groups in total. The van der Waals surface area contributed by atoms with Gasteiger partial charge in [-0.2, -0.15) is 0 Å². The molecule has 1 amide bonds. The topological polar surface area (TPSA) is 67.6 Å². The maximum absolute atomic E-state index is 12.2. The van der Waals surface area contributed by atoms with Crippen molar-refractivity contribution in [1.29, 1.82) is 0 Å². The van der Waals surface area contributed by atoms with Crippen molar-refractivity contribution in [2.45, 2.75) is 50.5 Å². The molecule has 0 atom stereocenters. The van der Waals surface area contributed by atoms with Crippen LogP contribution in [0.2, 0.25) is 0 Å². The fourth-order valence-electron chi connectivity index (χ4n) is 3.53. The van der Waals surface area contributed by atoms with Gasteiger partial charge in [0.05, 0.1) is 13.2 Å². The number of nitrogens with one attached hydrogen (secondary N) is 1. The molecule has 0 aromatic heterocycles. The molecule has 2 aliphatic rings. The zero-order valence-corrected chi connectivity index (χ0v) is 15.0. The van der Waals surface area contributed by atoms with Crippen molar-refractivity contribution in [1.82, 2.24) is 10.2 Å². The van der Waals surface area contributed by atoms with Crippen molar-refractivity contribution < 1.29 is 9.53 Å². The van der Waals surface area contributed by atoms with E-state index in [9.17, 15) is 4.79 Å². The Kier molecular flexibility index (Phi) is 11.4. The van der Waals surface area contributed by atoms with Crippen molar-refractivity contribution >= 4 is 30.7 Å². The number of hydrogen-bond acceptors (Lipinski definition) is 4. The molecule has 1 saturated heterocycles. The van der Waals surface area contributed by atoms with Gasteiger partial charge in [0.2, 0.25) is 5.91 Å². The van der Waals surface area contributed by atoms with E-state index < -0.39 is 0 Å². The summed E-state index contributed by atoms with van der Waals surface area (Å²) in [4.78, 5) is 14.7. The van der Waals surface area contributed by atoms with Gasteiger partial charge in [-0.15, -0.1) is 24.8 Å². The van der Waals surface area contributed by atoms with Gasteiger partial charge in [0.15, 0.2) is 0 Å². The quantitative estimate of drug-likeness (QED) is 0.682. The number of morpholine rings is 1. The molecule has 22 heavy (non-hydrogen) atoms. The van der Waals surface area contributed by atoms with Crippen molar-refractivity contribution in [3.63, 3.8) is 0 Å². The Morgan fingerprint density at radius 3 is 2.36 bits per heavy atom. The highest BCUT2D eigenvalue weighted by Gasteiger charge is 2.41. The number of nitrogens with two attached hydrogens (primary N) is 1. The number of nitrogens with zero attached hydrogens (tertiary/aromatic N) is 1. The summed E-state index contributed by atoms with van der Waals surface area (Å²) in [5, 5.41) is 3.06. The van der Waals surface area contributed by atoms with Gasteiger partial charge in [-0.1, -0.05) is 12.8 Å². The molecule has 1 aliphatic carbocycles. The van der Waals surface area contributed by atoms with Gasteiger partial charge in [0.1, 0.15) is 0 Å². The molecular weight excluding hydrogens is 325 g/mol. The van der Waals surface area contributed by atoms with E-state index in [0.717, 1.165) is 58.5 Å². The van der Waals surface area contributed by atoms with Gasteiger partial charge in [-0.25, -0.2) is 0 Å². The first kappa shape index (κ1) is 21.9. The van der Waals surface area contributed by atoms with Crippen LogP contribution in [-0.2, 0) is 9.53 Å². The van der Waals surface area contributed by atoms with E-state index >= 15 is 0 Å². The van der Waals surface area contributed by atoms with Crippen LogP contribution in [0.5, 0.6) is 0 Å². The van der Waals surface area contributed by atoms with E-state index in [1.165, 1.54) is 12.8 Å². The van der Waals surface area contributed by atoms with Crippen LogP contribution in [0.15, 0.2) is 0 Å². The number of ether oxygens (including phenoxy) is 1. The third kappa shape index (κ3) is 6.20. The first-order valence-corrected chi connectivity index (χ1v) is 8.06. The van der Waals surface area contributed by atoms with Gasteiger partial charge in [0.25, 0.3) is 0 Å². The molecule has 5 nitrogen and oxygen atoms in total. The van der Waals surface area contributed by atoms with Gasteiger partial charge in [-0.3, -0.25) is 9.69 Å². The predicted molar refractivity (Wildman–Crippen MR) is 94.0 cm³/mol. The summed E-state index contributed by atoms with van der Waals surface area (Å²) >= 11 is 0. The van der Waals surface area contributed by atoms with Gasteiger partial charge in [-0.05, 0) is 32.2 Å². The molecule has 0 bridgehead atoms. The van der Waals surface area contributed by atoms with Crippen LogP contribution in [0.25, 0.3) is 0 Å². The molecule has 0 radical (unpaired) electrons. The second kappa shape index (κ2) is 11.5.